The molecule has 0 heterocycles. The van der Waals surface area contributed by atoms with E-state index in [4.69, 9.17) is 14.2 Å². The van der Waals surface area contributed by atoms with Gasteiger partial charge in [0.05, 0.1) is 27.9 Å². The Hall–Kier alpha value is -2.88. The molecule has 1 aromatic carbocycles. The average molecular weight is 322 g/mol. The third kappa shape index (κ3) is 6.61. The summed E-state index contributed by atoms with van der Waals surface area (Å²) in [6, 6.07) is 4.96. The molecule has 0 aliphatic heterocycles. The predicted molar refractivity (Wildman–Crippen MR) is 80.5 cm³/mol. The maximum atomic E-state index is 11.2. The Morgan fingerprint density at radius 1 is 1.04 bits per heavy atom. The summed E-state index contributed by atoms with van der Waals surface area (Å²) in [4.78, 5) is 21.9. The molecule has 124 valence electrons. The molecule has 0 atom stereocenters. The molecule has 0 spiro atoms. The highest BCUT2D eigenvalue weighted by Gasteiger charge is 2.10. The van der Waals surface area contributed by atoms with Gasteiger partial charge in [0.2, 0.25) is 0 Å². The van der Waals surface area contributed by atoms with Crippen LogP contribution in [0, 0.1) is 11.8 Å². The first-order chi connectivity index (χ1) is 11.1. The smallest absolute Gasteiger partial charge is 0.493 e. The van der Waals surface area contributed by atoms with Gasteiger partial charge in [-0.25, -0.2) is 9.59 Å². The third-order valence-electron chi connectivity index (χ3n) is 2.59. The highest BCUT2D eigenvalue weighted by atomic mass is 16.7. The Morgan fingerprint density at radius 3 is 2.43 bits per heavy atom. The molecule has 0 saturated heterocycles. The van der Waals surface area contributed by atoms with Crippen LogP contribution in [-0.4, -0.2) is 40.2 Å². The quantitative estimate of drug-likeness (QED) is 0.357. The van der Waals surface area contributed by atoms with Crippen molar-refractivity contribution >= 4 is 12.3 Å². The fraction of sp³-hybridized carbons (Fsp3) is 0.375. The van der Waals surface area contributed by atoms with Crippen molar-refractivity contribution in [3.8, 4) is 23.3 Å². The summed E-state index contributed by atoms with van der Waals surface area (Å²) < 4.78 is 23.6. The molecule has 23 heavy (non-hydrogen) atoms. The predicted octanol–water partition coefficient (Wildman–Crippen LogP) is 2.76. The fourth-order valence-electron chi connectivity index (χ4n) is 1.51. The summed E-state index contributed by atoms with van der Waals surface area (Å²) >= 11 is 0. The lowest BCUT2D eigenvalue weighted by molar-refractivity contribution is 0.0721. The molecular weight excluding hydrogens is 304 g/mol. The van der Waals surface area contributed by atoms with Crippen LogP contribution in [0.1, 0.15) is 18.4 Å². The van der Waals surface area contributed by atoms with Crippen LogP contribution >= 0.6 is 0 Å². The summed E-state index contributed by atoms with van der Waals surface area (Å²) in [5.74, 6) is 6.47. The van der Waals surface area contributed by atoms with E-state index in [1.54, 1.807) is 18.2 Å². The Kier molecular flexibility index (Phi) is 7.86. The van der Waals surface area contributed by atoms with Gasteiger partial charge < -0.3 is 23.7 Å². The van der Waals surface area contributed by atoms with E-state index in [0.29, 0.717) is 24.2 Å². The molecule has 0 fully saturated rings. The molecule has 1 aromatic rings. The molecule has 7 nitrogen and oxygen atoms in total. The van der Waals surface area contributed by atoms with E-state index in [0.717, 1.165) is 0 Å². The number of hydrogen-bond acceptors (Lipinski definition) is 7. The number of benzene rings is 1. The van der Waals surface area contributed by atoms with E-state index in [1.807, 2.05) is 0 Å². The molecule has 0 aliphatic rings. The number of rotatable bonds is 5. The molecular formula is C16H18O7. The highest BCUT2D eigenvalue weighted by Crippen LogP contribution is 2.28. The van der Waals surface area contributed by atoms with Crippen molar-refractivity contribution in [2.75, 3.05) is 27.9 Å². The fourth-order valence-corrected chi connectivity index (χ4v) is 1.51. The summed E-state index contributed by atoms with van der Waals surface area (Å²) in [5, 5.41) is 0. The average Bonchev–Trinajstić information content (AvgIpc) is 2.57. The van der Waals surface area contributed by atoms with Gasteiger partial charge in [-0.3, -0.25) is 0 Å². The van der Waals surface area contributed by atoms with Crippen LogP contribution in [0.2, 0.25) is 0 Å². The van der Waals surface area contributed by atoms with E-state index < -0.39 is 12.3 Å². The number of carbonyl (C=O) groups is 2. The summed E-state index contributed by atoms with van der Waals surface area (Å²) in [6.45, 7) is 0.237. The Balaban J connectivity index is 2.60. The van der Waals surface area contributed by atoms with Crippen LogP contribution in [0.3, 0.4) is 0 Å². The Morgan fingerprint density at radius 2 is 1.78 bits per heavy atom. The van der Waals surface area contributed by atoms with Crippen LogP contribution in [0.15, 0.2) is 18.2 Å². The van der Waals surface area contributed by atoms with Gasteiger partial charge in [0.1, 0.15) is 0 Å². The van der Waals surface area contributed by atoms with Crippen LogP contribution < -0.4 is 9.47 Å². The van der Waals surface area contributed by atoms with Gasteiger partial charge in [0.15, 0.2) is 11.5 Å². The number of hydrogen-bond donors (Lipinski definition) is 0. The lowest BCUT2D eigenvalue weighted by Gasteiger charge is -2.08. The monoisotopic (exact) mass is 322 g/mol. The Labute approximate surface area is 134 Å². The van der Waals surface area contributed by atoms with Crippen LogP contribution in [-0.2, 0) is 14.2 Å². The first-order valence-corrected chi connectivity index (χ1v) is 6.74. The van der Waals surface area contributed by atoms with Crippen molar-refractivity contribution < 1.29 is 33.3 Å². The summed E-state index contributed by atoms with van der Waals surface area (Å²) in [5.41, 5.74) is 0.651. The third-order valence-corrected chi connectivity index (χ3v) is 2.59. The van der Waals surface area contributed by atoms with E-state index >= 15 is 0 Å². The van der Waals surface area contributed by atoms with Gasteiger partial charge in [-0.1, -0.05) is 11.8 Å². The first-order valence-electron chi connectivity index (χ1n) is 6.74. The summed E-state index contributed by atoms with van der Waals surface area (Å²) in [6.07, 6.45) is -0.425. The molecule has 0 bridgehead atoms. The van der Waals surface area contributed by atoms with Crippen LogP contribution in [0.25, 0.3) is 0 Å². The minimum atomic E-state index is -0.839. The molecule has 7 heteroatoms. The van der Waals surface area contributed by atoms with Crippen molar-refractivity contribution in [1.82, 2.24) is 0 Å². The zero-order chi connectivity index (χ0) is 17.1. The minimum Gasteiger partial charge on any atom is -0.493 e. The second kappa shape index (κ2) is 9.95. The minimum absolute atomic E-state index is 0.222. The first kappa shape index (κ1) is 18.2. The second-order valence-electron chi connectivity index (χ2n) is 4.13. The zero-order valence-corrected chi connectivity index (χ0v) is 13.2. The Bertz CT molecular complexity index is 598. The standard InChI is InChI=1S/C16H18O7/c1-19-13-9-8-12(11-14(13)23-16(18)21-3)7-5-4-6-10-22-15(17)20-2/h8-9,11H,4,6,10H2,1-3H3. The van der Waals surface area contributed by atoms with E-state index in [2.05, 4.69) is 21.3 Å². The van der Waals surface area contributed by atoms with Crippen molar-refractivity contribution in [3.63, 3.8) is 0 Å². The van der Waals surface area contributed by atoms with Crippen LogP contribution in [0.4, 0.5) is 9.59 Å². The molecule has 0 N–H and O–H groups in total. The van der Waals surface area contributed by atoms with Gasteiger partial charge in [-0.2, -0.15) is 0 Å². The SMILES string of the molecule is COC(=O)OCCCC#Cc1ccc(OC)c(OC(=O)OC)c1. The van der Waals surface area contributed by atoms with Crippen molar-refractivity contribution in [2.45, 2.75) is 12.8 Å². The van der Waals surface area contributed by atoms with Crippen molar-refractivity contribution in [2.24, 2.45) is 0 Å². The molecule has 0 radical (unpaired) electrons. The highest BCUT2D eigenvalue weighted by molar-refractivity contribution is 5.65. The van der Waals surface area contributed by atoms with E-state index in [-0.39, 0.29) is 12.4 Å². The molecule has 0 unspecified atom stereocenters. The van der Waals surface area contributed by atoms with E-state index in [1.165, 1.54) is 21.3 Å². The van der Waals surface area contributed by atoms with Gasteiger partial charge in [0.25, 0.3) is 0 Å². The van der Waals surface area contributed by atoms with E-state index in [9.17, 15) is 9.59 Å². The topological polar surface area (TPSA) is 80.3 Å². The maximum absolute atomic E-state index is 11.2. The molecule has 1 rings (SSSR count). The number of carbonyl (C=O) groups excluding carboxylic acids is 2. The lowest BCUT2D eigenvalue weighted by atomic mass is 10.2. The van der Waals surface area contributed by atoms with Gasteiger partial charge in [0, 0.05) is 18.1 Å². The molecule has 0 aliphatic carbocycles. The normalized spacial score (nSPS) is 9.17. The second-order valence-corrected chi connectivity index (χ2v) is 4.13. The molecule has 0 amide bonds. The molecule has 0 aromatic heterocycles. The van der Waals surface area contributed by atoms with Crippen molar-refractivity contribution in [3.05, 3.63) is 23.8 Å². The maximum Gasteiger partial charge on any atom is 0.513 e. The zero-order valence-electron chi connectivity index (χ0n) is 13.2. The van der Waals surface area contributed by atoms with Crippen molar-refractivity contribution in [1.29, 1.82) is 0 Å². The number of methoxy groups -OCH3 is 3. The lowest BCUT2D eigenvalue weighted by Crippen LogP contribution is -2.08. The molecule has 0 saturated carbocycles. The van der Waals surface area contributed by atoms with Gasteiger partial charge >= 0.3 is 12.3 Å². The van der Waals surface area contributed by atoms with Crippen LogP contribution in [0.5, 0.6) is 11.5 Å². The largest absolute Gasteiger partial charge is 0.513 e. The number of unbranched alkanes of at least 4 members (excludes halogenated alkanes) is 1. The number of ether oxygens (including phenoxy) is 5. The van der Waals surface area contributed by atoms with Gasteiger partial charge in [-0.05, 0) is 18.6 Å². The van der Waals surface area contributed by atoms with Gasteiger partial charge in [-0.15, -0.1) is 0 Å². The summed E-state index contributed by atoms with van der Waals surface area (Å²) in [7, 11) is 3.93.